The molecule has 0 heterocycles. The van der Waals surface area contributed by atoms with E-state index < -0.39 is 0 Å². The van der Waals surface area contributed by atoms with Crippen LogP contribution in [0.15, 0.2) is 40.6 Å². The molecule has 0 amide bonds. The maximum absolute atomic E-state index is 11.0. The number of nitrogens with two attached hydrogens (primary N) is 1. The first kappa shape index (κ1) is 31.1. The maximum atomic E-state index is 11.0. The molecule has 0 radical (unpaired) electrons. The molecule has 2 aromatic carbocycles. The van der Waals surface area contributed by atoms with E-state index in [1.165, 1.54) is 55.6 Å². The third-order valence-corrected chi connectivity index (χ3v) is 8.54. The molecule has 0 saturated carbocycles. The largest absolute Gasteiger partial charge is 0.505 e. The third kappa shape index (κ3) is 10.3. The molecule has 3 N–H and O–H groups in total. The van der Waals surface area contributed by atoms with Crippen LogP contribution < -0.4 is 5.73 Å². The lowest BCUT2D eigenvalue weighted by molar-refractivity contribution is 0.446. The summed E-state index contributed by atoms with van der Waals surface area (Å²) < 4.78 is 0. The van der Waals surface area contributed by atoms with E-state index in [9.17, 15) is 5.11 Å². The SMILES string of the molecule is C=S(CCCCC)CCCCCCc1ccc(N)c(N=Nc2cc(C(C)(C)C)cc(C(C)(C)C)c2O)c1. The number of aromatic hydroxyl groups is 1. The summed E-state index contributed by atoms with van der Waals surface area (Å²) >= 11 is 0. The van der Waals surface area contributed by atoms with Gasteiger partial charge >= 0.3 is 0 Å². The highest BCUT2D eigenvalue weighted by molar-refractivity contribution is 8.14. The molecule has 0 aromatic heterocycles. The minimum atomic E-state index is -0.210. The summed E-state index contributed by atoms with van der Waals surface area (Å²) in [7, 11) is 0.343. The summed E-state index contributed by atoms with van der Waals surface area (Å²) in [5.41, 5.74) is 10.9. The first-order valence-electron chi connectivity index (χ1n) is 14.0. The Labute approximate surface area is 229 Å². The molecular weight excluding hydrogens is 474 g/mol. The minimum absolute atomic E-state index is 0.0685. The fourth-order valence-electron chi connectivity index (χ4n) is 4.29. The monoisotopic (exact) mass is 525 g/mol. The molecule has 0 spiro atoms. The highest BCUT2D eigenvalue weighted by atomic mass is 32.2. The van der Waals surface area contributed by atoms with Crippen LogP contribution in [0.3, 0.4) is 0 Å². The maximum Gasteiger partial charge on any atom is 0.146 e. The molecule has 1 atom stereocenters. The summed E-state index contributed by atoms with van der Waals surface area (Å²) in [5, 5.41) is 20.0. The number of nitrogen functional groups attached to an aromatic ring is 1. The van der Waals surface area contributed by atoms with Gasteiger partial charge in [-0.05, 0) is 77.3 Å². The number of phenols is 1. The van der Waals surface area contributed by atoms with Crippen molar-refractivity contribution in [1.29, 1.82) is 0 Å². The molecule has 37 heavy (non-hydrogen) atoms. The van der Waals surface area contributed by atoms with E-state index in [0.29, 0.717) is 27.5 Å². The van der Waals surface area contributed by atoms with Gasteiger partial charge in [0.15, 0.2) is 0 Å². The Morgan fingerprint density at radius 2 is 1.43 bits per heavy atom. The van der Waals surface area contributed by atoms with Gasteiger partial charge in [-0.1, -0.05) is 92.2 Å². The molecule has 4 nitrogen and oxygen atoms in total. The number of azo groups is 1. The van der Waals surface area contributed by atoms with Crippen LogP contribution in [0.4, 0.5) is 17.1 Å². The zero-order valence-corrected chi connectivity index (χ0v) is 25.3. The van der Waals surface area contributed by atoms with Crippen LogP contribution >= 0.6 is 10.5 Å². The zero-order valence-electron chi connectivity index (χ0n) is 24.5. The van der Waals surface area contributed by atoms with Crippen LogP contribution in [-0.2, 0) is 17.3 Å². The van der Waals surface area contributed by atoms with Crippen molar-refractivity contribution in [3.05, 3.63) is 47.0 Å². The van der Waals surface area contributed by atoms with E-state index in [2.05, 4.69) is 76.7 Å². The number of benzene rings is 2. The highest BCUT2D eigenvalue weighted by Crippen LogP contribution is 2.42. The van der Waals surface area contributed by atoms with Crippen LogP contribution in [0.2, 0.25) is 0 Å². The van der Waals surface area contributed by atoms with Crippen molar-refractivity contribution in [2.45, 2.75) is 111 Å². The first-order chi connectivity index (χ1) is 17.3. The van der Waals surface area contributed by atoms with Gasteiger partial charge in [0, 0.05) is 5.56 Å². The van der Waals surface area contributed by atoms with E-state index in [1.54, 1.807) is 0 Å². The van der Waals surface area contributed by atoms with Crippen molar-refractivity contribution in [2.24, 2.45) is 10.2 Å². The lowest BCUT2D eigenvalue weighted by Crippen LogP contribution is -2.16. The average molecular weight is 526 g/mol. The molecule has 0 aliphatic heterocycles. The zero-order chi connectivity index (χ0) is 27.6. The van der Waals surface area contributed by atoms with E-state index in [-0.39, 0.29) is 16.6 Å². The molecule has 2 rings (SSSR count). The molecule has 0 saturated heterocycles. The fraction of sp³-hybridized carbons (Fsp3) is 0.594. The molecule has 5 heteroatoms. The van der Waals surface area contributed by atoms with Crippen LogP contribution in [0, 0.1) is 0 Å². The van der Waals surface area contributed by atoms with Crippen LogP contribution in [-0.4, -0.2) is 22.5 Å². The van der Waals surface area contributed by atoms with E-state index in [4.69, 9.17) is 5.73 Å². The van der Waals surface area contributed by atoms with Gasteiger partial charge in [-0.3, -0.25) is 0 Å². The molecule has 0 aliphatic rings. The Bertz CT molecular complexity index is 1060. The first-order valence-corrected chi connectivity index (χ1v) is 15.7. The Hall–Kier alpha value is -2.14. The lowest BCUT2D eigenvalue weighted by Gasteiger charge is -2.26. The minimum Gasteiger partial charge on any atom is -0.505 e. The summed E-state index contributed by atoms with van der Waals surface area (Å²) in [5.74, 6) is 7.11. The van der Waals surface area contributed by atoms with Crippen LogP contribution in [0.25, 0.3) is 0 Å². The average Bonchev–Trinajstić information content (AvgIpc) is 2.80. The van der Waals surface area contributed by atoms with Crippen LogP contribution in [0.1, 0.15) is 110 Å². The van der Waals surface area contributed by atoms with E-state index in [0.717, 1.165) is 24.0 Å². The number of hydrogen-bond acceptors (Lipinski definition) is 4. The van der Waals surface area contributed by atoms with Crippen molar-refractivity contribution < 1.29 is 5.11 Å². The number of phenolic OH excluding ortho intramolecular Hbond substituents is 1. The summed E-state index contributed by atoms with van der Waals surface area (Å²) in [6.45, 7) is 15.1. The second kappa shape index (κ2) is 14.1. The molecule has 2 aromatic rings. The number of unbranched alkanes of at least 4 members (excludes halogenated alkanes) is 5. The Morgan fingerprint density at radius 3 is 2.05 bits per heavy atom. The van der Waals surface area contributed by atoms with Crippen molar-refractivity contribution in [3.8, 4) is 5.75 Å². The second-order valence-electron chi connectivity index (χ2n) is 12.4. The summed E-state index contributed by atoms with van der Waals surface area (Å²) in [6, 6.07) is 10.1. The Balaban J connectivity index is 2.04. The molecular formula is C32H51N3OS. The van der Waals surface area contributed by atoms with Crippen molar-refractivity contribution in [2.75, 3.05) is 17.2 Å². The van der Waals surface area contributed by atoms with Gasteiger partial charge in [0.05, 0.1) is 5.69 Å². The van der Waals surface area contributed by atoms with Gasteiger partial charge in [0.2, 0.25) is 0 Å². The van der Waals surface area contributed by atoms with Gasteiger partial charge < -0.3 is 10.8 Å². The highest BCUT2D eigenvalue weighted by Gasteiger charge is 2.25. The topological polar surface area (TPSA) is 71.0 Å². The molecule has 0 fully saturated rings. The normalized spacial score (nSPS) is 13.4. The quantitative estimate of drug-likeness (QED) is 0.118. The molecule has 0 aliphatic carbocycles. The standard InChI is InChI=1S/C32H51N3OS/c1-9-10-14-19-37(8)20-15-12-11-13-16-24-17-18-27(33)28(21-24)34-35-29-23-25(31(2,3)4)22-26(30(29)36)32(5,6)7/h17-18,21-23,36H,8-16,19-20,33H2,1-7H3. The third-order valence-electron chi connectivity index (χ3n) is 6.81. The number of anilines is 1. The predicted octanol–water partition coefficient (Wildman–Crippen LogP) is 9.98. The van der Waals surface area contributed by atoms with Crippen molar-refractivity contribution in [1.82, 2.24) is 0 Å². The number of aryl methyl sites for hydroxylation is 1. The molecule has 0 bridgehead atoms. The van der Waals surface area contributed by atoms with Crippen molar-refractivity contribution in [3.63, 3.8) is 0 Å². The van der Waals surface area contributed by atoms with E-state index in [1.807, 2.05) is 18.2 Å². The number of nitrogens with zero attached hydrogens (tertiary/aromatic N) is 2. The van der Waals surface area contributed by atoms with Gasteiger partial charge in [-0.25, -0.2) is 0 Å². The smallest absolute Gasteiger partial charge is 0.146 e. The van der Waals surface area contributed by atoms with Gasteiger partial charge in [-0.15, -0.1) is 10.2 Å². The van der Waals surface area contributed by atoms with Crippen molar-refractivity contribution >= 4 is 33.4 Å². The molecule has 1 unspecified atom stereocenters. The van der Waals surface area contributed by atoms with Gasteiger partial charge in [0.25, 0.3) is 0 Å². The Morgan fingerprint density at radius 1 is 0.811 bits per heavy atom. The second-order valence-corrected chi connectivity index (χ2v) is 14.4. The van der Waals surface area contributed by atoms with Crippen LogP contribution in [0.5, 0.6) is 5.75 Å². The Kier molecular flexibility index (Phi) is 11.9. The molecule has 206 valence electrons. The fourth-order valence-corrected chi connectivity index (χ4v) is 5.72. The van der Waals surface area contributed by atoms with E-state index >= 15 is 0 Å². The predicted molar refractivity (Wildman–Crippen MR) is 167 cm³/mol. The summed E-state index contributed by atoms with van der Waals surface area (Å²) in [6.07, 6.45) is 9.91. The lowest BCUT2D eigenvalue weighted by atomic mass is 9.80. The number of hydrogen-bond donors (Lipinski definition) is 2. The number of rotatable bonds is 13. The summed E-state index contributed by atoms with van der Waals surface area (Å²) in [4.78, 5) is 0. The van der Waals surface area contributed by atoms with Gasteiger partial charge in [0.1, 0.15) is 17.1 Å². The van der Waals surface area contributed by atoms with Gasteiger partial charge in [-0.2, -0.15) is 10.5 Å².